The van der Waals surface area contributed by atoms with E-state index in [0.29, 0.717) is 0 Å². The lowest BCUT2D eigenvalue weighted by atomic mass is 10.4. The molecule has 2 N–H and O–H groups in total. The van der Waals surface area contributed by atoms with E-state index in [-0.39, 0.29) is 0 Å². The molecule has 0 spiro atoms. The molecule has 0 fully saturated rings. The highest BCUT2D eigenvalue weighted by atomic mass is 32.1. The van der Waals surface area contributed by atoms with Crippen LogP contribution < -0.4 is 10.6 Å². The Balaban J connectivity index is 2.04. The van der Waals surface area contributed by atoms with E-state index in [4.69, 9.17) is 0 Å². The molecule has 0 saturated carbocycles. The van der Waals surface area contributed by atoms with Gasteiger partial charge in [0, 0.05) is 18.0 Å². The van der Waals surface area contributed by atoms with Crippen molar-refractivity contribution in [2.24, 2.45) is 0 Å². The third-order valence-electron chi connectivity index (χ3n) is 2.02. The lowest BCUT2D eigenvalue weighted by molar-refractivity contribution is 0.965. The fraction of sp³-hybridized carbons (Fsp3) is 0.273. The van der Waals surface area contributed by atoms with Crippen LogP contribution in [-0.4, -0.2) is 16.5 Å². The average Bonchev–Trinajstić information content (AvgIpc) is 2.80. The molecule has 0 amide bonds. The maximum Gasteiger partial charge on any atom is 0.135 e. The van der Waals surface area contributed by atoms with Crippen molar-refractivity contribution in [1.82, 2.24) is 9.97 Å². The molecule has 0 radical (unpaired) electrons. The van der Waals surface area contributed by atoms with Gasteiger partial charge in [-0.1, -0.05) is 6.92 Å². The molecular weight excluding hydrogens is 220 g/mol. The van der Waals surface area contributed by atoms with Crippen LogP contribution in [0.25, 0.3) is 0 Å². The Bertz CT molecular complexity index is 427. The van der Waals surface area contributed by atoms with Gasteiger partial charge in [-0.3, -0.25) is 0 Å². The molecule has 2 rings (SSSR count). The van der Waals surface area contributed by atoms with Crippen molar-refractivity contribution in [2.75, 3.05) is 17.2 Å². The first-order valence-electron chi connectivity index (χ1n) is 5.23. The Kier molecular flexibility index (Phi) is 3.71. The third-order valence-corrected chi connectivity index (χ3v) is 2.70. The van der Waals surface area contributed by atoms with E-state index in [9.17, 15) is 0 Å². The van der Waals surface area contributed by atoms with Gasteiger partial charge in [0.2, 0.25) is 0 Å². The highest BCUT2D eigenvalue weighted by molar-refractivity contribution is 7.08. The van der Waals surface area contributed by atoms with Gasteiger partial charge in [0.15, 0.2) is 0 Å². The standard InChI is InChI=1S/C11H14N4S/c1-2-4-12-10-6-11(14-8-13-10)15-9-3-5-16-7-9/h3,5-8H,2,4H2,1H3,(H2,12,13,14,15). The molecule has 0 atom stereocenters. The van der Waals surface area contributed by atoms with Gasteiger partial charge in [-0.15, -0.1) is 0 Å². The van der Waals surface area contributed by atoms with Gasteiger partial charge in [-0.2, -0.15) is 11.3 Å². The first-order valence-corrected chi connectivity index (χ1v) is 6.18. The fourth-order valence-corrected chi connectivity index (χ4v) is 1.85. The average molecular weight is 234 g/mol. The molecule has 2 heterocycles. The van der Waals surface area contributed by atoms with Gasteiger partial charge >= 0.3 is 0 Å². The Morgan fingerprint density at radius 2 is 2.19 bits per heavy atom. The topological polar surface area (TPSA) is 49.8 Å². The van der Waals surface area contributed by atoms with Crippen LogP contribution in [0.15, 0.2) is 29.2 Å². The van der Waals surface area contributed by atoms with Crippen LogP contribution >= 0.6 is 11.3 Å². The van der Waals surface area contributed by atoms with Crippen LogP contribution in [-0.2, 0) is 0 Å². The summed E-state index contributed by atoms with van der Waals surface area (Å²) in [5, 5.41) is 10.5. The molecule has 84 valence electrons. The Hall–Kier alpha value is -1.62. The largest absolute Gasteiger partial charge is 0.370 e. The maximum atomic E-state index is 4.16. The minimum Gasteiger partial charge on any atom is -0.370 e. The van der Waals surface area contributed by atoms with E-state index in [1.807, 2.05) is 22.9 Å². The molecule has 5 heteroatoms. The molecule has 16 heavy (non-hydrogen) atoms. The summed E-state index contributed by atoms with van der Waals surface area (Å²) in [6.07, 6.45) is 2.64. The predicted octanol–water partition coefficient (Wildman–Crippen LogP) is 3.10. The monoisotopic (exact) mass is 234 g/mol. The molecular formula is C11H14N4S. The van der Waals surface area contributed by atoms with Crippen LogP contribution in [0.5, 0.6) is 0 Å². The number of nitrogens with one attached hydrogen (secondary N) is 2. The van der Waals surface area contributed by atoms with E-state index < -0.39 is 0 Å². The number of aromatic nitrogens is 2. The van der Waals surface area contributed by atoms with E-state index in [1.165, 1.54) is 0 Å². The SMILES string of the molecule is CCCNc1cc(Nc2ccsc2)ncn1. The van der Waals surface area contributed by atoms with Gasteiger partial charge in [-0.05, 0) is 17.9 Å². The number of hydrogen-bond donors (Lipinski definition) is 2. The second kappa shape index (κ2) is 5.46. The van der Waals surface area contributed by atoms with Crippen molar-refractivity contribution in [1.29, 1.82) is 0 Å². The van der Waals surface area contributed by atoms with Crippen LogP contribution in [0.4, 0.5) is 17.3 Å². The number of anilines is 3. The van der Waals surface area contributed by atoms with E-state index in [2.05, 4.69) is 27.5 Å². The van der Waals surface area contributed by atoms with Crippen molar-refractivity contribution in [3.05, 3.63) is 29.2 Å². The van der Waals surface area contributed by atoms with Gasteiger partial charge in [0.1, 0.15) is 18.0 Å². The van der Waals surface area contributed by atoms with Crippen molar-refractivity contribution >= 4 is 28.7 Å². The zero-order chi connectivity index (χ0) is 11.2. The molecule has 0 aliphatic carbocycles. The highest BCUT2D eigenvalue weighted by Gasteiger charge is 1.98. The summed E-state index contributed by atoms with van der Waals surface area (Å²) in [7, 11) is 0. The smallest absolute Gasteiger partial charge is 0.135 e. The fourth-order valence-electron chi connectivity index (χ4n) is 1.26. The van der Waals surface area contributed by atoms with Gasteiger partial charge in [0.25, 0.3) is 0 Å². The second-order valence-electron chi connectivity index (χ2n) is 3.35. The molecule has 4 nitrogen and oxygen atoms in total. The van der Waals surface area contributed by atoms with E-state index in [0.717, 1.165) is 30.3 Å². The first-order chi connectivity index (χ1) is 7.88. The molecule has 0 aliphatic heterocycles. The van der Waals surface area contributed by atoms with Crippen molar-refractivity contribution in [3.63, 3.8) is 0 Å². The summed E-state index contributed by atoms with van der Waals surface area (Å²) >= 11 is 1.66. The van der Waals surface area contributed by atoms with Crippen LogP contribution in [0.1, 0.15) is 13.3 Å². The summed E-state index contributed by atoms with van der Waals surface area (Å²) in [6, 6.07) is 3.93. The third kappa shape index (κ3) is 2.93. The van der Waals surface area contributed by atoms with Gasteiger partial charge in [0.05, 0.1) is 5.69 Å². The lowest BCUT2D eigenvalue weighted by Crippen LogP contribution is -2.03. The molecule has 0 aromatic carbocycles. The van der Waals surface area contributed by atoms with Crippen LogP contribution in [0.2, 0.25) is 0 Å². The van der Waals surface area contributed by atoms with Gasteiger partial charge in [-0.25, -0.2) is 9.97 Å². The van der Waals surface area contributed by atoms with Crippen molar-refractivity contribution in [2.45, 2.75) is 13.3 Å². The molecule has 2 aromatic heterocycles. The number of rotatable bonds is 5. The van der Waals surface area contributed by atoms with Crippen LogP contribution in [0, 0.1) is 0 Å². The highest BCUT2D eigenvalue weighted by Crippen LogP contribution is 2.18. The zero-order valence-corrected chi connectivity index (χ0v) is 9.92. The molecule has 0 aliphatic rings. The zero-order valence-electron chi connectivity index (χ0n) is 9.10. The molecule has 0 bridgehead atoms. The predicted molar refractivity (Wildman–Crippen MR) is 68.4 cm³/mol. The first kappa shape index (κ1) is 10.9. The summed E-state index contributed by atoms with van der Waals surface area (Å²) in [6.45, 7) is 3.05. The number of hydrogen-bond acceptors (Lipinski definition) is 5. The van der Waals surface area contributed by atoms with Gasteiger partial charge < -0.3 is 10.6 Å². The Labute approximate surface area is 98.8 Å². The summed E-state index contributed by atoms with van der Waals surface area (Å²) in [5.41, 5.74) is 1.06. The molecule has 2 aromatic rings. The molecule has 0 saturated heterocycles. The number of nitrogens with zero attached hydrogens (tertiary/aromatic N) is 2. The lowest BCUT2D eigenvalue weighted by Gasteiger charge is -2.06. The van der Waals surface area contributed by atoms with Crippen LogP contribution in [0.3, 0.4) is 0 Å². The summed E-state index contributed by atoms with van der Waals surface area (Å²) in [4.78, 5) is 8.31. The van der Waals surface area contributed by atoms with Crippen molar-refractivity contribution in [3.8, 4) is 0 Å². The second-order valence-corrected chi connectivity index (χ2v) is 4.13. The summed E-state index contributed by atoms with van der Waals surface area (Å²) in [5.74, 6) is 1.67. The minimum atomic E-state index is 0.812. The van der Waals surface area contributed by atoms with E-state index in [1.54, 1.807) is 17.7 Å². The molecule has 0 unspecified atom stereocenters. The summed E-state index contributed by atoms with van der Waals surface area (Å²) < 4.78 is 0. The number of thiophene rings is 1. The Morgan fingerprint density at radius 3 is 2.94 bits per heavy atom. The normalized spacial score (nSPS) is 10.1. The van der Waals surface area contributed by atoms with E-state index >= 15 is 0 Å². The maximum absolute atomic E-state index is 4.16. The van der Waals surface area contributed by atoms with Crippen molar-refractivity contribution < 1.29 is 0 Å². The minimum absolute atomic E-state index is 0.812. The quantitative estimate of drug-likeness (QED) is 0.834. The Morgan fingerprint density at radius 1 is 1.31 bits per heavy atom.